The SMILES string of the molecule is CC(C)(C)c1ccc(-c2ccnc(-c3cc(-c4cccc5c4nc(-c4ccccc4O)n5-c4ccc(-c5ccccc5)cc4C(C)(C)C)cc(C(C)(C)C)c3)c2)cc1. The van der Waals surface area contributed by atoms with E-state index in [1.165, 1.54) is 27.8 Å². The number of phenols is 1. The Morgan fingerprint density at radius 1 is 0.466 bits per heavy atom. The number of rotatable bonds is 6. The van der Waals surface area contributed by atoms with Gasteiger partial charge in [-0.3, -0.25) is 9.55 Å². The lowest BCUT2D eigenvalue weighted by Crippen LogP contribution is -2.16. The minimum atomic E-state index is -0.198. The van der Waals surface area contributed by atoms with Crippen LogP contribution in [0.15, 0.2) is 152 Å². The summed E-state index contributed by atoms with van der Waals surface area (Å²) in [6.45, 7) is 20.3. The van der Waals surface area contributed by atoms with Crippen LogP contribution in [-0.4, -0.2) is 19.6 Å². The fraction of sp³-hybridized carbons (Fsp3) is 0.222. The van der Waals surface area contributed by atoms with Gasteiger partial charge in [0.25, 0.3) is 0 Å². The molecule has 8 rings (SSSR count). The van der Waals surface area contributed by atoms with Gasteiger partial charge in [-0.1, -0.05) is 153 Å². The van der Waals surface area contributed by atoms with Crippen molar-refractivity contribution in [2.45, 2.75) is 78.6 Å². The number of benzene rings is 6. The molecule has 1 N–H and O–H groups in total. The van der Waals surface area contributed by atoms with E-state index in [-0.39, 0.29) is 22.0 Å². The second kappa shape index (κ2) is 14.6. The van der Waals surface area contributed by atoms with Gasteiger partial charge < -0.3 is 5.11 Å². The van der Waals surface area contributed by atoms with Crippen LogP contribution in [0.25, 0.3) is 72.7 Å². The maximum atomic E-state index is 11.4. The quantitative estimate of drug-likeness (QED) is 0.184. The van der Waals surface area contributed by atoms with Crippen molar-refractivity contribution in [2.24, 2.45) is 0 Å². The number of para-hydroxylation sites is 2. The van der Waals surface area contributed by atoms with Crippen LogP contribution < -0.4 is 0 Å². The molecule has 0 aliphatic heterocycles. The molecule has 58 heavy (non-hydrogen) atoms. The Labute approximate surface area is 343 Å². The normalized spacial score (nSPS) is 12.3. The third-order valence-electron chi connectivity index (χ3n) is 11.2. The largest absolute Gasteiger partial charge is 0.507 e. The van der Waals surface area contributed by atoms with Gasteiger partial charge in [0, 0.05) is 17.3 Å². The van der Waals surface area contributed by atoms with Crippen LogP contribution in [0.4, 0.5) is 0 Å². The molecule has 4 nitrogen and oxygen atoms in total. The molecule has 0 radical (unpaired) electrons. The van der Waals surface area contributed by atoms with Gasteiger partial charge >= 0.3 is 0 Å². The highest BCUT2D eigenvalue weighted by Crippen LogP contribution is 2.42. The highest BCUT2D eigenvalue weighted by Gasteiger charge is 2.26. The number of aromatic nitrogens is 3. The number of fused-ring (bicyclic) bond motifs is 1. The smallest absolute Gasteiger partial charge is 0.149 e. The van der Waals surface area contributed by atoms with Crippen LogP contribution in [0.2, 0.25) is 0 Å². The Kier molecular flexibility index (Phi) is 9.72. The van der Waals surface area contributed by atoms with Crippen LogP contribution in [0.3, 0.4) is 0 Å². The average molecular weight is 760 g/mol. The predicted molar refractivity (Wildman–Crippen MR) is 244 cm³/mol. The van der Waals surface area contributed by atoms with Crippen molar-refractivity contribution in [3.05, 3.63) is 168 Å². The van der Waals surface area contributed by atoms with Gasteiger partial charge in [0.05, 0.1) is 28.0 Å². The molecule has 0 amide bonds. The molecule has 0 atom stereocenters. The summed E-state index contributed by atoms with van der Waals surface area (Å²) >= 11 is 0. The molecule has 0 aliphatic rings. The molecule has 0 bridgehead atoms. The van der Waals surface area contributed by atoms with E-state index in [0.717, 1.165) is 50.2 Å². The minimum Gasteiger partial charge on any atom is -0.507 e. The predicted octanol–water partition coefficient (Wildman–Crippen LogP) is 14.4. The number of aromatic hydroxyl groups is 1. The van der Waals surface area contributed by atoms with Gasteiger partial charge in [0.1, 0.15) is 11.6 Å². The lowest BCUT2D eigenvalue weighted by atomic mass is 9.83. The van der Waals surface area contributed by atoms with Crippen molar-refractivity contribution < 1.29 is 5.11 Å². The van der Waals surface area contributed by atoms with Crippen LogP contribution in [0, 0.1) is 0 Å². The maximum Gasteiger partial charge on any atom is 0.149 e. The van der Waals surface area contributed by atoms with E-state index < -0.39 is 0 Å². The molecule has 0 saturated heterocycles. The third-order valence-corrected chi connectivity index (χ3v) is 11.2. The summed E-state index contributed by atoms with van der Waals surface area (Å²) in [5.41, 5.74) is 15.7. The Morgan fingerprint density at radius 3 is 1.78 bits per heavy atom. The van der Waals surface area contributed by atoms with Gasteiger partial charge in [0.15, 0.2) is 0 Å². The number of phenolic OH excluding ortho intramolecular Hbond substituents is 1. The van der Waals surface area contributed by atoms with Gasteiger partial charge in [-0.15, -0.1) is 0 Å². The molecule has 0 unspecified atom stereocenters. The zero-order valence-electron chi connectivity index (χ0n) is 35.2. The monoisotopic (exact) mass is 759 g/mol. The fourth-order valence-corrected chi connectivity index (χ4v) is 7.86. The van der Waals surface area contributed by atoms with Gasteiger partial charge in [-0.2, -0.15) is 0 Å². The van der Waals surface area contributed by atoms with Crippen molar-refractivity contribution in [3.8, 4) is 67.5 Å². The number of hydrogen-bond donors (Lipinski definition) is 1. The molecule has 8 aromatic rings. The molecule has 0 saturated carbocycles. The Balaban J connectivity index is 1.34. The molecule has 2 heterocycles. The Hall–Kier alpha value is -6.26. The first-order chi connectivity index (χ1) is 27.6. The lowest BCUT2D eigenvalue weighted by Gasteiger charge is -2.25. The molecular formula is C54H53N3O. The second-order valence-corrected chi connectivity index (χ2v) is 18.6. The van der Waals surface area contributed by atoms with Crippen molar-refractivity contribution in [2.75, 3.05) is 0 Å². The van der Waals surface area contributed by atoms with Crippen molar-refractivity contribution in [3.63, 3.8) is 0 Å². The van der Waals surface area contributed by atoms with Gasteiger partial charge in [0.2, 0.25) is 0 Å². The number of nitrogens with zero attached hydrogens (tertiary/aromatic N) is 3. The van der Waals surface area contributed by atoms with Crippen molar-refractivity contribution >= 4 is 11.0 Å². The van der Waals surface area contributed by atoms with Crippen LogP contribution >= 0.6 is 0 Å². The first kappa shape index (κ1) is 38.6. The zero-order valence-corrected chi connectivity index (χ0v) is 35.2. The topological polar surface area (TPSA) is 50.9 Å². The number of pyridine rings is 1. The maximum absolute atomic E-state index is 11.4. The minimum absolute atomic E-state index is 0.0918. The third kappa shape index (κ3) is 7.47. The molecule has 0 fully saturated rings. The van der Waals surface area contributed by atoms with Crippen LogP contribution in [0.5, 0.6) is 5.75 Å². The van der Waals surface area contributed by atoms with E-state index >= 15 is 0 Å². The molecule has 290 valence electrons. The van der Waals surface area contributed by atoms with Crippen LogP contribution in [0.1, 0.15) is 79.0 Å². The number of imidazole rings is 1. The molecule has 6 aromatic carbocycles. The van der Waals surface area contributed by atoms with Crippen molar-refractivity contribution in [1.82, 2.24) is 14.5 Å². The fourth-order valence-electron chi connectivity index (χ4n) is 7.86. The summed E-state index contributed by atoms with van der Waals surface area (Å²) in [5.74, 6) is 0.882. The Bertz CT molecular complexity index is 2770. The van der Waals surface area contributed by atoms with Gasteiger partial charge in [-0.05, 0) is 115 Å². The van der Waals surface area contributed by atoms with Crippen molar-refractivity contribution in [1.29, 1.82) is 0 Å². The molecule has 0 spiro atoms. The highest BCUT2D eigenvalue weighted by molar-refractivity contribution is 5.97. The van der Waals surface area contributed by atoms with E-state index in [1.807, 2.05) is 24.4 Å². The highest BCUT2D eigenvalue weighted by atomic mass is 16.3. The summed E-state index contributed by atoms with van der Waals surface area (Å²) in [6, 6.07) is 51.3. The zero-order chi connectivity index (χ0) is 41.0. The summed E-state index contributed by atoms with van der Waals surface area (Å²) in [5, 5.41) is 11.4. The second-order valence-electron chi connectivity index (χ2n) is 18.6. The van der Waals surface area contributed by atoms with Gasteiger partial charge in [-0.25, -0.2) is 4.98 Å². The van der Waals surface area contributed by atoms with E-state index in [2.05, 4.69) is 188 Å². The first-order valence-corrected chi connectivity index (χ1v) is 20.3. The van der Waals surface area contributed by atoms with E-state index in [0.29, 0.717) is 11.4 Å². The standard InChI is InChI=1S/C54H53N3O/c1-52(2,3)41-25-22-36(23-26-41)38-28-29-55-46(34-38)40-30-39(31-42(32-40)53(4,5)6)43-19-15-20-48-50(43)56-51(44-18-13-14-21-49(44)58)57(48)47-27-24-37(33-45(47)54(7,8)9)35-16-11-10-12-17-35/h10-34,58H,1-9H3. The van der Waals surface area contributed by atoms with E-state index in [1.54, 1.807) is 6.07 Å². The molecule has 2 aromatic heterocycles. The first-order valence-electron chi connectivity index (χ1n) is 20.3. The summed E-state index contributed by atoms with van der Waals surface area (Å²) < 4.78 is 2.24. The van der Waals surface area contributed by atoms with E-state index in [4.69, 9.17) is 9.97 Å². The Morgan fingerprint density at radius 2 is 1.09 bits per heavy atom. The summed E-state index contributed by atoms with van der Waals surface area (Å²) in [6.07, 6.45) is 1.92. The molecular weight excluding hydrogens is 707 g/mol. The number of hydrogen-bond acceptors (Lipinski definition) is 3. The average Bonchev–Trinajstić information content (AvgIpc) is 3.59. The molecule has 0 aliphatic carbocycles. The molecule has 4 heteroatoms. The lowest BCUT2D eigenvalue weighted by molar-refractivity contribution is 0.477. The van der Waals surface area contributed by atoms with Crippen LogP contribution in [-0.2, 0) is 16.2 Å². The summed E-state index contributed by atoms with van der Waals surface area (Å²) in [7, 11) is 0. The van der Waals surface area contributed by atoms with E-state index in [9.17, 15) is 5.11 Å². The summed E-state index contributed by atoms with van der Waals surface area (Å²) in [4.78, 5) is 10.4.